The van der Waals surface area contributed by atoms with E-state index in [4.69, 9.17) is 11.1 Å². The van der Waals surface area contributed by atoms with Gasteiger partial charge in [0.2, 0.25) is 0 Å². The summed E-state index contributed by atoms with van der Waals surface area (Å²) < 4.78 is 0. The van der Waals surface area contributed by atoms with Crippen molar-refractivity contribution in [3.63, 3.8) is 0 Å². The lowest BCUT2D eigenvalue weighted by Crippen LogP contribution is -2.46. The van der Waals surface area contributed by atoms with Crippen LogP contribution in [0.5, 0.6) is 0 Å². The Bertz CT molecular complexity index is 379. The van der Waals surface area contributed by atoms with E-state index in [1.807, 2.05) is 12.1 Å². The number of amides is 2. The summed E-state index contributed by atoms with van der Waals surface area (Å²) in [4.78, 5) is 16.5. The maximum absolute atomic E-state index is 11.4. The number of rotatable bonds is 4. The highest BCUT2D eigenvalue weighted by molar-refractivity contribution is 5.93. The Balaban J connectivity index is 2.43. The second-order valence-corrected chi connectivity index (χ2v) is 3.55. The van der Waals surface area contributed by atoms with Crippen LogP contribution in [0.15, 0.2) is 24.5 Å². The molecule has 0 radical (unpaired) electrons. The molecule has 1 heterocycles. The second kappa shape index (κ2) is 6.47. The molecule has 17 heavy (non-hydrogen) atoms. The molecule has 4 N–H and O–H groups in total. The highest BCUT2D eigenvalue weighted by Crippen LogP contribution is 2.02. The molecule has 1 rings (SSSR count). The van der Waals surface area contributed by atoms with Crippen molar-refractivity contribution in [2.75, 3.05) is 13.6 Å². The molecule has 0 spiro atoms. The van der Waals surface area contributed by atoms with E-state index in [1.165, 1.54) is 11.9 Å². The van der Waals surface area contributed by atoms with E-state index in [0.29, 0.717) is 6.54 Å². The normalized spacial score (nSPS) is 9.71. The molecule has 2 amide bonds. The highest BCUT2D eigenvalue weighted by Gasteiger charge is 2.13. The van der Waals surface area contributed by atoms with E-state index in [0.717, 1.165) is 18.4 Å². The molecule has 6 nitrogen and oxygen atoms in total. The first-order chi connectivity index (χ1) is 8.15. The number of carbonyl (C=O) groups is 1. The summed E-state index contributed by atoms with van der Waals surface area (Å²) in [7, 11) is 1.52. The first-order valence-electron chi connectivity index (χ1n) is 5.37. The molecule has 0 atom stereocenters. The van der Waals surface area contributed by atoms with Crippen molar-refractivity contribution in [2.45, 2.75) is 12.8 Å². The smallest absolute Gasteiger partial charge is 0.323 e. The number of aryl methyl sites for hydroxylation is 1. The molecular formula is C11H17N5O. The van der Waals surface area contributed by atoms with Crippen molar-refractivity contribution in [2.24, 2.45) is 5.73 Å². The maximum atomic E-state index is 11.4. The van der Waals surface area contributed by atoms with Crippen molar-refractivity contribution in [1.82, 2.24) is 15.2 Å². The summed E-state index contributed by atoms with van der Waals surface area (Å²) in [5.74, 6) is -0.237. The van der Waals surface area contributed by atoms with Gasteiger partial charge in [-0.3, -0.25) is 15.3 Å². The number of carbonyl (C=O) groups excluding carboxylic acids is 1. The largest absolute Gasteiger partial charge is 0.370 e. The monoisotopic (exact) mass is 235 g/mol. The topological polar surface area (TPSA) is 95.1 Å². The van der Waals surface area contributed by atoms with Gasteiger partial charge < -0.3 is 11.1 Å². The molecule has 6 heteroatoms. The molecule has 0 unspecified atom stereocenters. The van der Waals surface area contributed by atoms with Gasteiger partial charge in [0.05, 0.1) is 0 Å². The number of nitrogens with one attached hydrogen (secondary N) is 2. The third kappa shape index (κ3) is 4.10. The molecule has 0 saturated carbocycles. The Hall–Kier alpha value is -2.11. The van der Waals surface area contributed by atoms with Gasteiger partial charge in [0, 0.05) is 26.0 Å². The van der Waals surface area contributed by atoms with Crippen LogP contribution in [0, 0.1) is 5.41 Å². The Morgan fingerprint density at radius 1 is 1.53 bits per heavy atom. The molecule has 1 aromatic heterocycles. The van der Waals surface area contributed by atoms with Crippen molar-refractivity contribution in [1.29, 1.82) is 5.41 Å². The van der Waals surface area contributed by atoms with E-state index in [9.17, 15) is 4.79 Å². The molecule has 0 saturated heterocycles. The number of nitrogens with zero attached hydrogens (tertiary/aromatic N) is 2. The predicted octanol–water partition coefficient (Wildman–Crippen LogP) is 0.549. The van der Waals surface area contributed by atoms with Crippen LogP contribution in [-0.4, -0.2) is 35.5 Å². The van der Waals surface area contributed by atoms with E-state index in [1.54, 1.807) is 12.4 Å². The maximum Gasteiger partial charge on any atom is 0.323 e. The van der Waals surface area contributed by atoms with Crippen LogP contribution < -0.4 is 11.1 Å². The van der Waals surface area contributed by atoms with E-state index >= 15 is 0 Å². The predicted molar refractivity (Wildman–Crippen MR) is 65.6 cm³/mol. The van der Waals surface area contributed by atoms with Crippen molar-refractivity contribution < 1.29 is 4.79 Å². The molecular weight excluding hydrogens is 218 g/mol. The fraction of sp³-hybridized carbons (Fsp3) is 0.364. The molecule has 0 aliphatic carbocycles. The summed E-state index contributed by atoms with van der Waals surface area (Å²) >= 11 is 0. The minimum absolute atomic E-state index is 0.237. The highest BCUT2D eigenvalue weighted by atomic mass is 16.2. The summed E-state index contributed by atoms with van der Waals surface area (Å²) in [6.45, 7) is 0.428. The zero-order chi connectivity index (χ0) is 12.7. The number of pyridine rings is 1. The summed E-state index contributed by atoms with van der Waals surface area (Å²) in [5.41, 5.74) is 6.48. The second-order valence-electron chi connectivity index (χ2n) is 3.55. The number of hydrogen-bond donors (Lipinski definition) is 3. The Labute approximate surface area is 100 Å². The van der Waals surface area contributed by atoms with Gasteiger partial charge in [-0.25, -0.2) is 4.79 Å². The lowest BCUT2D eigenvalue weighted by atomic mass is 10.1. The average molecular weight is 235 g/mol. The summed E-state index contributed by atoms with van der Waals surface area (Å²) in [6.07, 6.45) is 5.04. The van der Waals surface area contributed by atoms with Gasteiger partial charge in [-0.2, -0.15) is 0 Å². The fourth-order valence-corrected chi connectivity index (χ4v) is 1.46. The Morgan fingerprint density at radius 2 is 2.18 bits per heavy atom. The zero-order valence-corrected chi connectivity index (χ0v) is 9.81. The van der Waals surface area contributed by atoms with Crippen LogP contribution in [0.2, 0.25) is 0 Å². The van der Waals surface area contributed by atoms with Crippen molar-refractivity contribution in [3.8, 4) is 0 Å². The van der Waals surface area contributed by atoms with E-state index in [2.05, 4.69) is 10.3 Å². The SMILES string of the molecule is CNC(=O)N(CCCc1ccncc1)C(=N)N. The summed E-state index contributed by atoms with van der Waals surface area (Å²) in [6, 6.07) is 3.50. The molecule has 0 fully saturated rings. The lowest BCUT2D eigenvalue weighted by Gasteiger charge is -2.19. The minimum atomic E-state index is -0.354. The molecule has 92 valence electrons. The van der Waals surface area contributed by atoms with Crippen LogP contribution in [0.4, 0.5) is 4.79 Å². The fourth-order valence-electron chi connectivity index (χ4n) is 1.46. The van der Waals surface area contributed by atoms with Crippen molar-refractivity contribution in [3.05, 3.63) is 30.1 Å². The van der Waals surface area contributed by atoms with Crippen LogP contribution in [0.1, 0.15) is 12.0 Å². The van der Waals surface area contributed by atoms with Gasteiger partial charge in [0.15, 0.2) is 5.96 Å². The van der Waals surface area contributed by atoms with Gasteiger partial charge in [-0.1, -0.05) is 0 Å². The number of nitrogens with two attached hydrogens (primary N) is 1. The van der Waals surface area contributed by atoms with Crippen LogP contribution in [-0.2, 0) is 6.42 Å². The van der Waals surface area contributed by atoms with E-state index < -0.39 is 0 Å². The Kier molecular flexibility index (Phi) is 4.93. The zero-order valence-electron chi connectivity index (χ0n) is 9.81. The first-order valence-corrected chi connectivity index (χ1v) is 5.37. The van der Waals surface area contributed by atoms with Gasteiger partial charge >= 0.3 is 6.03 Å². The molecule has 0 bridgehead atoms. The minimum Gasteiger partial charge on any atom is -0.370 e. The molecule has 0 aliphatic heterocycles. The van der Waals surface area contributed by atoms with Crippen LogP contribution in [0.25, 0.3) is 0 Å². The molecule has 0 aromatic carbocycles. The lowest BCUT2D eigenvalue weighted by molar-refractivity contribution is 0.222. The number of hydrogen-bond acceptors (Lipinski definition) is 3. The van der Waals surface area contributed by atoms with Gasteiger partial charge in [-0.05, 0) is 30.5 Å². The Morgan fingerprint density at radius 3 is 2.71 bits per heavy atom. The van der Waals surface area contributed by atoms with Gasteiger partial charge in [0.1, 0.15) is 0 Å². The number of aromatic nitrogens is 1. The first kappa shape index (κ1) is 13.0. The van der Waals surface area contributed by atoms with Gasteiger partial charge in [0.25, 0.3) is 0 Å². The van der Waals surface area contributed by atoms with Crippen molar-refractivity contribution >= 4 is 12.0 Å². The van der Waals surface area contributed by atoms with Gasteiger partial charge in [-0.15, -0.1) is 0 Å². The summed E-state index contributed by atoms with van der Waals surface area (Å²) in [5, 5.41) is 9.75. The molecule has 0 aliphatic rings. The third-order valence-corrected chi connectivity index (χ3v) is 2.35. The molecule has 1 aromatic rings. The van der Waals surface area contributed by atoms with Crippen LogP contribution >= 0.6 is 0 Å². The van der Waals surface area contributed by atoms with Crippen LogP contribution in [0.3, 0.4) is 0 Å². The average Bonchev–Trinajstić information content (AvgIpc) is 2.34. The third-order valence-electron chi connectivity index (χ3n) is 2.35. The van der Waals surface area contributed by atoms with E-state index in [-0.39, 0.29) is 12.0 Å². The standard InChI is InChI=1S/C11H17N5O/c1-14-11(17)16(10(12)13)8-2-3-9-4-6-15-7-5-9/h4-7H,2-3,8H2,1H3,(H3,12,13)(H,14,17). The quantitative estimate of drug-likeness (QED) is 0.525. The number of guanidine groups is 1. The number of urea groups is 1.